The predicted octanol–water partition coefficient (Wildman–Crippen LogP) is 3.13. The van der Waals surface area contributed by atoms with E-state index in [1.54, 1.807) is 18.2 Å². The summed E-state index contributed by atoms with van der Waals surface area (Å²) in [5, 5.41) is 2.83. The molecule has 10 heteroatoms. The molecule has 0 aliphatic carbocycles. The number of furan rings is 1. The summed E-state index contributed by atoms with van der Waals surface area (Å²) >= 11 is 0. The van der Waals surface area contributed by atoms with Crippen molar-refractivity contribution >= 4 is 15.7 Å². The lowest BCUT2D eigenvalue weighted by Gasteiger charge is -2.18. The molecular weight excluding hydrogens is 412 g/mol. The third-order valence-corrected chi connectivity index (χ3v) is 6.58. The van der Waals surface area contributed by atoms with E-state index in [9.17, 15) is 8.42 Å². The number of nitrogens with zero attached hydrogens (tertiary/aromatic N) is 1. The molecule has 1 aromatic carbocycles. The first-order valence-corrected chi connectivity index (χ1v) is 11.1. The van der Waals surface area contributed by atoms with Crippen LogP contribution < -0.4 is 14.8 Å². The van der Waals surface area contributed by atoms with Crippen LogP contribution in [0.1, 0.15) is 12.8 Å². The van der Waals surface area contributed by atoms with E-state index < -0.39 is 9.84 Å². The second kappa shape index (κ2) is 7.69. The smallest absolute Gasteiger partial charge is 0.266 e. The summed E-state index contributed by atoms with van der Waals surface area (Å²) in [6.45, 7) is 1.89. The van der Waals surface area contributed by atoms with E-state index in [2.05, 4.69) is 10.3 Å². The third kappa shape index (κ3) is 3.52. The van der Waals surface area contributed by atoms with Crippen LogP contribution in [0.4, 0.5) is 5.88 Å². The molecule has 0 bridgehead atoms. The van der Waals surface area contributed by atoms with E-state index in [1.807, 2.05) is 0 Å². The van der Waals surface area contributed by atoms with Crippen molar-refractivity contribution in [2.75, 3.05) is 31.7 Å². The van der Waals surface area contributed by atoms with Gasteiger partial charge >= 0.3 is 0 Å². The van der Waals surface area contributed by atoms with Crippen LogP contribution >= 0.6 is 0 Å². The van der Waals surface area contributed by atoms with Crippen molar-refractivity contribution in [2.45, 2.75) is 28.9 Å². The Morgan fingerprint density at radius 2 is 1.97 bits per heavy atom. The van der Waals surface area contributed by atoms with Gasteiger partial charge in [-0.05, 0) is 37.1 Å². The highest BCUT2D eigenvalue weighted by Crippen LogP contribution is 2.37. The number of aromatic nitrogens is 1. The lowest BCUT2D eigenvalue weighted by atomic mass is 10.2. The SMILES string of the molecule is O=S(=O)(c1ccc2c(c1)OCCO2)c1nc(-c2ccco2)oc1NCC1CCCO1. The molecule has 2 aliphatic rings. The standard InChI is InChI=1S/C20H20N2O7S/c23-30(24,14-5-6-15-17(11-14)28-10-9-27-15)20-19(21-12-13-3-1-7-25-13)29-18(22-20)16-4-2-8-26-16/h2,4-6,8,11,13,21H,1,3,7,9-10,12H2. The Hall–Kier alpha value is -2.98. The van der Waals surface area contributed by atoms with Gasteiger partial charge in [0.2, 0.25) is 20.7 Å². The van der Waals surface area contributed by atoms with Crippen LogP contribution in [0.3, 0.4) is 0 Å². The molecule has 2 aromatic heterocycles. The highest BCUT2D eigenvalue weighted by atomic mass is 32.2. The number of benzene rings is 1. The number of hydrogen-bond donors (Lipinski definition) is 1. The second-order valence-electron chi connectivity index (χ2n) is 6.96. The number of sulfone groups is 1. The largest absolute Gasteiger partial charge is 0.486 e. The van der Waals surface area contributed by atoms with Gasteiger partial charge in [0.1, 0.15) is 13.2 Å². The Labute approximate surface area is 172 Å². The molecule has 30 heavy (non-hydrogen) atoms. The van der Waals surface area contributed by atoms with Gasteiger partial charge in [0, 0.05) is 19.2 Å². The highest BCUT2D eigenvalue weighted by Gasteiger charge is 2.31. The number of anilines is 1. The fourth-order valence-electron chi connectivity index (χ4n) is 3.42. The number of oxazole rings is 1. The molecule has 0 amide bonds. The minimum absolute atomic E-state index is 0.00740. The van der Waals surface area contributed by atoms with Crippen LogP contribution in [0.15, 0.2) is 55.4 Å². The highest BCUT2D eigenvalue weighted by molar-refractivity contribution is 7.91. The summed E-state index contributed by atoms with van der Waals surface area (Å²) < 4.78 is 54.5. The topological polar surface area (TPSA) is 113 Å². The zero-order chi connectivity index (χ0) is 20.6. The lowest BCUT2D eigenvalue weighted by molar-refractivity contribution is 0.120. The summed E-state index contributed by atoms with van der Waals surface area (Å²) in [5.41, 5.74) is 0. The molecule has 0 saturated carbocycles. The molecule has 2 aliphatic heterocycles. The van der Waals surface area contributed by atoms with Gasteiger partial charge in [0.05, 0.1) is 17.3 Å². The van der Waals surface area contributed by atoms with Crippen LogP contribution in [0.5, 0.6) is 11.5 Å². The van der Waals surface area contributed by atoms with Crippen LogP contribution in [-0.4, -0.2) is 45.9 Å². The molecule has 4 heterocycles. The maximum absolute atomic E-state index is 13.4. The number of fused-ring (bicyclic) bond motifs is 1. The Morgan fingerprint density at radius 1 is 1.10 bits per heavy atom. The Kier molecular flexibility index (Phi) is 4.87. The van der Waals surface area contributed by atoms with Crippen molar-refractivity contribution in [3.8, 4) is 23.1 Å². The molecule has 0 radical (unpaired) electrons. The van der Waals surface area contributed by atoms with E-state index in [-0.39, 0.29) is 27.8 Å². The molecule has 1 atom stereocenters. The quantitative estimate of drug-likeness (QED) is 0.627. The van der Waals surface area contributed by atoms with Gasteiger partial charge in [0.25, 0.3) is 5.89 Å². The molecule has 0 spiro atoms. The zero-order valence-electron chi connectivity index (χ0n) is 16.0. The van der Waals surface area contributed by atoms with Gasteiger partial charge < -0.3 is 28.4 Å². The Morgan fingerprint density at radius 3 is 2.73 bits per heavy atom. The van der Waals surface area contributed by atoms with E-state index in [1.165, 1.54) is 18.4 Å². The van der Waals surface area contributed by atoms with Crippen LogP contribution in [0.2, 0.25) is 0 Å². The van der Waals surface area contributed by atoms with Gasteiger partial charge in [-0.1, -0.05) is 0 Å². The average Bonchev–Trinajstić information content (AvgIpc) is 3.53. The third-order valence-electron chi connectivity index (χ3n) is 4.92. The molecule has 1 fully saturated rings. The maximum atomic E-state index is 13.4. The molecule has 158 valence electrons. The predicted molar refractivity (Wildman–Crippen MR) is 105 cm³/mol. The van der Waals surface area contributed by atoms with Crippen molar-refractivity contribution in [3.05, 3.63) is 36.6 Å². The molecule has 1 saturated heterocycles. The van der Waals surface area contributed by atoms with Gasteiger partial charge in [-0.2, -0.15) is 4.98 Å². The molecular formula is C20H20N2O7S. The molecule has 9 nitrogen and oxygen atoms in total. The first-order valence-electron chi connectivity index (χ1n) is 9.66. The van der Waals surface area contributed by atoms with Gasteiger partial charge in [-0.15, -0.1) is 0 Å². The van der Waals surface area contributed by atoms with Gasteiger partial charge in [-0.25, -0.2) is 8.42 Å². The minimum atomic E-state index is -4.00. The summed E-state index contributed by atoms with van der Waals surface area (Å²) in [6.07, 6.45) is 3.33. The van der Waals surface area contributed by atoms with Crippen molar-refractivity contribution in [2.24, 2.45) is 0 Å². The molecule has 3 aromatic rings. The first-order chi connectivity index (χ1) is 14.6. The maximum Gasteiger partial charge on any atom is 0.266 e. The van der Waals surface area contributed by atoms with E-state index in [0.29, 0.717) is 43.6 Å². The van der Waals surface area contributed by atoms with E-state index >= 15 is 0 Å². The van der Waals surface area contributed by atoms with E-state index in [4.69, 9.17) is 23.0 Å². The van der Waals surface area contributed by atoms with Crippen molar-refractivity contribution in [1.82, 2.24) is 4.98 Å². The van der Waals surface area contributed by atoms with Crippen LogP contribution in [0.25, 0.3) is 11.7 Å². The first kappa shape index (κ1) is 19.0. The van der Waals surface area contributed by atoms with Crippen molar-refractivity contribution in [3.63, 3.8) is 0 Å². The average molecular weight is 432 g/mol. The van der Waals surface area contributed by atoms with E-state index in [0.717, 1.165) is 12.8 Å². The van der Waals surface area contributed by atoms with Crippen molar-refractivity contribution in [1.29, 1.82) is 0 Å². The number of ether oxygens (including phenoxy) is 3. The monoisotopic (exact) mass is 432 g/mol. The fourth-order valence-corrected chi connectivity index (χ4v) is 4.71. The molecule has 1 unspecified atom stereocenters. The Bertz CT molecular complexity index is 1130. The summed E-state index contributed by atoms with van der Waals surface area (Å²) in [5.74, 6) is 1.34. The fraction of sp³-hybridized carbons (Fsp3) is 0.350. The van der Waals surface area contributed by atoms with Crippen LogP contribution in [-0.2, 0) is 14.6 Å². The molecule has 5 rings (SSSR count). The lowest BCUT2D eigenvalue weighted by Crippen LogP contribution is -2.19. The van der Waals surface area contributed by atoms with Crippen LogP contribution in [0, 0.1) is 0 Å². The van der Waals surface area contributed by atoms with Gasteiger partial charge in [-0.3, -0.25) is 0 Å². The normalized spacial score (nSPS) is 18.5. The number of nitrogens with one attached hydrogen (secondary N) is 1. The number of rotatable bonds is 6. The van der Waals surface area contributed by atoms with Crippen molar-refractivity contribution < 1.29 is 31.5 Å². The molecule has 1 N–H and O–H groups in total. The van der Waals surface area contributed by atoms with Gasteiger partial charge in [0.15, 0.2) is 17.3 Å². The second-order valence-corrected chi connectivity index (χ2v) is 8.82. The summed E-state index contributed by atoms with van der Waals surface area (Å²) in [6, 6.07) is 7.81. The minimum Gasteiger partial charge on any atom is -0.486 e. The Balaban J connectivity index is 1.52. The zero-order valence-corrected chi connectivity index (χ0v) is 16.8. The number of hydrogen-bond acceptors (Lipinski definition) is 9. The summed E-state index contributed by atoms with van der Waals surface area (Å²) in [4.78, 5) is 4.27. The summed E-state index contributed by atoms with van der Waals surface area (Å²) in [7, 11) is -4.00.